The van der Waals surface area contributed by atoms with Crippen LogP contribution in [-0.4, -0.2) is 15.6 Å². The molecule has 2 N–H and O–H groups in total. The van der Waals surface area contributed by atoms with E-state index in [0.717, 1.165) is 0 Å². The van der Waals surface area contributed by atoms with Crippen LogP contribution < -0.4 is 22.3 Å². The summed E-state index contributed by atoms with van der Waals surface area (Å²) in [4.78, 5) is 11.7. The molecule has 0 atom stereocenters. The van der Waals surface area contributed by atoms with Crippen molar-refractivity contribution in [2.75, 3.05) is 5.32 Å². The molecule has 0 saturated carbocycles. The van der Waals surface area contributed by atoms with Crippen LogP contribution in [0.4, 0.5) is 5.69 Å². The fourth-order valence-corrected chi connectivity index (χ4v) is 1.53. The van der Waals surface area contributed by atoms with Crippen LogP contribution >= 0.6 is 0 Å². The fourth-order valence-electron chi connectivity index (χ4n) is 1.53. The third kappa shape index (κ3) is 3.49. The zero-order valence-corrected chi connectivity index (χ0v) is 10.6. The third-order valence-corrected chi connectivity index (χ3v) is 2.33. The van der Waals surface area contributed by atoms with Gasteiger partial charge < -0.3 is 22.8 Å². The van der Waals surface area contributed by atoms with Gasteiger partial charge in [0.1, 0.15) is 18.1 Å². The molecule has 0 radical (unpaired) electrons. The maximum atomic E-state index is 11.7. The summed E-state index contributed by atoms with van der Waals surface area (Å²) in [6.07, 6.45) is 5.47. The van der Waals surface area contributed by atoms with Gasteiger partial charge in [0.25, 0.3) is 5.91 Å². The number of phenols is 1. The molecule has 0 aliphatic carbocycles. The summed E-state index contributed by atoms with van der Waals surface area (Å²) in [6.45, 7) is 0.217. The average Bonchev–Trinajstić information content (AvgIpc) is 2.67. The standard InChI is InChI=1S/C12H13N3O2.ClH/c1-14-6-7-15(9-14)8-12(17)13-10-4-2-3-5-11(10)16;/h2-7,9H,8H2,1H3,(H-,13,16,17);1H. The number of aromatic nitrogens is 2. The van der Waals surface area contributed by atoms with E-state index in [1.54, 1.807) is 22.8 Å². The topological polar surface area (TPSA) is 58.1 Å². The molecule has 0 spiro atoms. The zero-order valence-electron chi connectivity index (χ0n) is 9.88. The Kier molecular flexibility index (Phi) is 4.74. The number of halogens is 1. The van der Waals surface area contributed by atoms with Crippen molar-refractivity contribution >= 4 is 11.6 Å². The number of nitrogens with one attached hydrogen (secondary N) is 1. The lowest BCUT2D eigenvalue weighted by molar-refractivity contribution is -0.671. The van der Waals surface area contributed by atoms with Crippen molar-refractivity contribution in [1.82, 2.24) is 4.57 Å². The van der Waals surface area contributed by atoms with Crippen molar-refractivity contribution < 1.29 is 26.9 Å². The second kappa shape index (κ2) is 6.07. The summed E-state index contributed by atoms with van der Waals surface area (Å²) in [5.74, 6) is -0.110. The molecule has 1 amide bonds. The van der Waals surface area contributed by atoms with Crippen molar-refractivity contribution in [3.63, 3.8) is 0 Å². The van der Waals surface area contributed by atoms with E-state index >= 15 is 0 Å². The number of aryl methyl sites for hydroxylation is 1. The number of carbonyl (C=O) groups is 1. The van der Waals surface area contributed by atoms with Gasteiger partial charge in [0.15, 0.2) is 6.54 Å². The molecule has 96 valence electrons. The second-order valence-corrected chi connectivity index (χ2v) is 3.82. The molecule has 0 aliphatic heterocycles. The number of aromatic hydroxyl groups is 1. The van der Waals surface area contributed by atoms with E-state index in [9.17, 15) is 9.90 Å². The van der Waals surface area contributed by atoms with Crippen LogP contribution in [0.3, 0.4) is 0 Å². The maximum absolute atomic E-state index is 11.7. The molecule has 5 nitrogen and oxygen atoms in total. The molecule has 0 unspecified atom stereocenters. The summed E-state index contributed by atoms with van der Waals surface area (Å²) in [5, 5.41) is 12.2. The first-order valence-electron chi connectivity index (χ1n) is 5.24. The van der Waals surface area contributed by atoms with Gasteiger partial charge in [-0.2, -0.15) is 0 Å². The van der Waals surface area contributed by atoms with Crippen molar-refractivity contribution in [1.29, 1.82) is 0 Å². The molecule has 1 aromatic heterocycles. The second-order valence-electron chi connectivity index (χ2n) is 3.82. The van der Waals surface area contributed by atoms with Gasteiger partial charge in [0.05, 0.1) is 12.7 Å². The van der Waals surface area contributed by atoms with Crippen molar-refractivity contribution in [3.05, 3.63) is 43.0 Å². The number of carbonyl (C=O) groups excluding carboxylic acids is 1. The van der Waals surface area contributed by atoms with E-state index in [1.165, 1.54) is 6.07 Å². The molecule has 2 rings (SSSR count). The first-order valence-corrected chi connectivity index (χ1v) is 5.24. The SMILES string of the molecule is C[n+]1ccn(CC(=O)Nc2ccccc2O)c1.[Cl-]. The molecule has 18 heavy (non-hydrogen) atoms. The van der Waals surface area contributed by atoms with Crippen LogP contribution in [0.1, 0.15) is 0 Å². The van der Waals surface area contributed by atoms with Crippen LogP contribution in [0.5, 0.6) is 5.75 Å². The van der Waals surface area contributed by atoms with E-state index in [2.05, 4.69) is 5.32 Å². The lowest BCUT2D eigenvalue weighted by Gasteiger charge is -2.05. The number of nitrogens with zero attached hydrogens (tertiary/aromatic N) is 2. The highest BCUT2D eigenvalue weighted by atomic mass is 35.5. The number of benzene rings is 1. The minimum absolute atomic E-state index is 0. The summed E-state index contributed by atoms with van der Waals surface area (Å²) in [6, 6.07) is 6.65. The Bertz CT molecular complexity index is 540. The van der Waals surface area contributed by atoms with Gasteiger partial charge in [0.2, 0.25) is 6.33 Å². The number of amides is 1. The van der Waals surface area contributed by atoms with E-state index in [-0.39, 0.29) is 30.6 Å². The van der Waals surface area contributed by atoms with Gasteiger partial charge in [0, 0.05) is 0 Å². The van der Waals surface area contributed by atoms with E-state index < -0.39 is 0 Å². The normalized spacial score (nSPS) is 9.61. The zero-order chi connectivity index (χ0) is 12.3. The average molecular weight is 268 g/mol. The highest BCUT2D eigenvalue weighted by molar-refractivity contribution is 5.91. The Balaban J connectivity index is 0.00000162. The molecule has 0 fully saturated rings. The van der Waals surface area contributed by atoms with E-state index in [1.807, 2.05) is 30.3 Å². The number of para-hydroxylation sites is 2. The molecule has 1 heterocycles. The Morgan fingerprint density at radius 3 is 2.78 bits per heavy atom. The van der Waals surface area contributed by atoms with Crippen LogP contribution in [-0.2, 0) is 18.4 Å². The van der Waals surface area contributed by atoms with Gasteiger partial charge in [-0.05, 0) is 12.1 Å². The Labute approximate surface area is 111 Å². The van der Waals surface area contributed by atoms with E-state index in [4.69, 9.17) is 0 Å². The number of phenolic OH excluding ortho intramolecular Hbond substituents is 1. The van der Waals surface area contributed by atoms with Crippen molar-refractivity contribution in [2.24, 2.45) is 7.05 Å². The Morgan fingerprint density at radius 1 is 1.44 bits per heavy atom. The van der Waals surface area contributed by atoms with Crippen molar-refractivity contribution in [2.45, 2.75) is 6.54 Å². The number of imidazole rings is 1. The predicted octanol–water partition coefficient (Wildman–Crippen LogP) is -2.34. The first kappa shape index (κ1) is 14.1. The van der Waals surface area contributed by atoms with Crippen LogP contribution in [0, 0.1) is 0 Å². The van der Waals surface area contributed by atoms with Crippen LogP contribution in [0.15, 0.2) is 43.0 Å². The smallest absolute Gasteiger partial charge is 0.266 e. The van der Waals surface area contributed by atoms with E-state index in [0.29, 0.717) is 5.69 Å². The van der Waals surface area contributed by atoms with Gasteiger partial charge in [-0.3, -0.25) is 4.79 Å². The molecule has 2 aromatic rings. The minimum Gasteiger partial charge on any atom is -1.00 e. The molecule has 1 aromatic carbocycles. The quantitative estimate of drug-likeness (QED) is 0.484. The monoisotopic (exact) mass is 267 g/mol. The molecule has 6 heteroatoms. The molecular weight excluding hydrogens is 254 g/mol. The number of rotatable bonds is 3. The summed E-state index contributed by atoms with van der Waals surface area (Å²) in [5.41, 5.74) is 0.425. The van der Waals surface area contributed by atoms with Gasteiger partial charge in [-0.15, -0.1) is 0 Å². The van der Waals surface area contributed by atoms with Gasteiger partial charge in [-0.25, -0.2) is 9.13 Å². The first-order chi connectivity index (χ1) is 8.15. The fraction of sp³-hybridized carbons (Fsp3) is 0.167. The molecule has 0 bridgehead atoms. The Hall–Kier alpha value is -2.01. The molecule has 0 aliphatic rings. The Morgan fingerprint density at radius 2 is 2.17 bits per heavy atom. The summed E-state index contributed by atoms with van der Waals surface area (Å²) < 4.78 is 3.61. The van der Waals surface area contributed by atoms with Crippen LogP contribution in [0.25, 0.3) is 0 Å². The highest BCUT2D eigenvalue weighted by Gasteiger charge is 2.09. The largest absolute Gasteiger partial charge is 1.00 e. The molecule has 0 saturated heterocycles. The summed E-state index contributed by atoms with van der Waals surface area (Å²) >= 11 is 0. The highest BCUT2D eigenvalue weighted by Crippen LogP contribution is 2.21. The van der Waals surface area contributed by atoms with Crippen molar-refractivity contribution in [3.8, 4) is 5.75 Å². The van der Waals surface area contributed by atoms with Gasteiger partial charge in [-0.1, -0.05) is 12.1 Å². The minimum atomic E-state index is -0.178. The maximum Gasteiger partial charge on any atom is 0.266 e. The third-order valence-electron chi connectivity index (χ3n) is 2.33. The predicted molar refractivity (Wildman–Crippen MR) is 62.3 cm³/mol. The lowest BCUT2D eigenvalue weighted by Crippen LogP contribution is -3.00. The van der Waals surface area contributed by atoms with Crippen LogP contribution in [0.2, 0.25) is 0 Å². The van der Waals surface area contributed by atoms with Gasteiger partial charge >= 0.3 is 0 Å². The lowest BCUT2D eigenvalue weighted by atomic mass is 10.3. The molecular formula is C12H14ClN3O2. The number of hydrogen-bond donors (Lipinski definition) is 2. The summed E-state index contributed by atoms with van der Waals surface area (Å²) in [7, 11) is 1.89. The number of anilines is 1. The number of hydrogen-bond acceptors (Lipinski definition) is 2.